The van der Waals surface area contributed by atoms with E-state index >= 15 is 0 Å². The highest BCUT2D eigenvalue weighted by molar-refractivity contribution is 6.03. The highest BCUT2D eigenvalue weighted by atomic mass is 16.5. The van der Waals surface area contributed by atoms with Crippen LogP contribution in [0.2, 0.25) is 0 Å². The molecule has 0 radical (unpaired) electrons. The van der Waals surface area contributed by atoms with E-state index in [1.807, 2.05) is 18.2 Å². The van der Waals surface area contributed by atoms with Gasteiger partial charge in [-0.3, -0.25) is 4.79 Å². The number of amides is 1. The van der Waals surface area contributed by atoms with Gasteiger partial charge in [-0.1, -0.05) is 51.1 Å². The highest BCUT2D eigenvalue weighted by Crippen LogP contribution is 2.32. The minimum Gasteiger partial charge on any atom is -0.360 e. The molecule has 146 valence electrons. The molecule has 3 rings (SSSR count). The average molecular weight is 379 g/mol. The first-order valence-electron chi connectivity index (χ1n) is 9.31. The first-order valence-corrected chi connectivity index (χ1v) is 9.31. The molecule has 0 aliphatic rings. The summed E-state index contributed by atoms with van der Waals surface area (Å²) in [6.07, 6.45) is 2.94. The van der Waals surface area contributed by atoms with E-state index in [0.717, 1.165) is 16.8 Å². The quantitative estimate of drug-likeness (QED) is 0.625. The maximum atomic E-state index is 12.8. The van der Waals surface area contributed by atoms with Crippen molar-refractivity contribution in [2.75, 3.05) is 10.6 Å². The number of carbonyl (C=O) groups excluding carboxylic acids is 1. The van der Waals surface area contributed by atoms with E-state index in [1.54, 1.807) is 13.0 Å². The number of aromatic nitrogens is 3. The van der Waals surface area contributed by atoms with Gasteiger partial charge < -0.3 is 15.2 Å². The summed E-state index contributed by atoms with van der Waals surface area (Å²) < 4.78 is 5.00. The summed E-state index contributed by atoms with van der Waals surface area (Å²) in [5, 5.41) is 9.86. The van der Waals surface area contributed by atoms with Crippen molar-refractivity contribution >= 4 is 23.2 Å². The Hall–Kier alpha value is -3.22. The van der Waals surface area contributed by atoms with Gasteiger partial charge in [0.05, 0.1) is 12.4 Å². The predicted molar refractivity (Wildman–Crippen MR) is 109 cm³/mol. The number of carbonyl (C=O) groups is 1. The Kier molecular flexibility index (Phi) is 5.73. The van der Waals surface area contributed by atoms with Crippen LogP contribution in [-0.4, -0.2) is 21.0 Å². The van der Waals surface area contributed by atoms with Gasteiger partial charge in [0.1, 0.15) is 17.3 Å². The molecule has 2 N–H and O–H groups in total. The van der Waals surface area contributed by atoms with Crippen molar-refractivity contribution in [3.63, 3.8) is 0 Å². The molecule has 0 fully saturated rings. The molecule has 0 saturated carbocycles. The molecule has 1 amide bonds. The molecule has 0 unspecified atom stereocenters. The topological polar surface area (TPSA) is 92.9 Å². The molecule has 1 aromatic carbocycles. The lowest BCUT2D eigenvalue weighted by molar-refractivity contribution is 0.102. The molecule has 0 saturated heterocycles. The minimum absolute atomic E-state index is 0.246. The lowest BCUT2D eigenvalue weighted by atomic mass is 9.92. The van der Waals surface area contributed by atoms with Gasteiger partial charge in [0.15, 0.2) is 5.82 Å². The number of hydrogen-bond donors (Lipinski definition) is 2. The fourth-order valence-electron chi connectivity index (χ4n) is 2.94. The van der Waals surface area contributed by atoms with Crippen LogP contribution >= 0.6 is 0 Å². The number of aryl methyl sites for hydroxylation is 1. The van der Waals surface area contributed by atoms with Crippen molar-refractivity contribution in [2.24, 2.45) is 0 Å². The van der Waals surface area contributed by atoms with Crippen LogP contribution < -0.4 is 10.6 Å². The second kappa shape index (κ2) is 8.21. The summed E-state index contributed by atoms with van der Waals surface area (Å²) >= 11 is 0. The molecule has 0 atom stereocenters. The Morgan fingerprint density at radius 3 is 2.18 bits per heavy atom. The van der Waals surface area contributed by atoms with Gasteiger partial charge in [-0.2, -0.15) is 0 Å². The van der Waals surface area contributed by atoms with Crippen LogP contribution in [0.1, 0.15) is 66.9 Å². The fraction of sp³-hybridized carbons (Fsp3) is 0.333. The molecule has 7 nitrogen and oxygen atoms in total. The Morgan fingerprint density at radius 2 is 1.68 bits per heavy atom. The lowest BCUT2D eigenvalue weighted by Crippen LogP contribution is -2.17. The van der Waals surface area contributed by atoms with Crippen LogP contribution in [0.25, 0.3) is 0 Å². The monoisotopic (exact) mass is 379 g/mol. The molecule has 2 aromatic heterocycles. The SMILES string of the molecule is Cc1cc(Nc2cnc(C(=O)Nc3c(C(C)C)cccc3C(C)C)cn2)no1. The number of anilines is 3. The van der Waals surface area contributed by atoms with E-state index in [0.29, 0.717) is 17.4 Å². The molecular formula is C21H25N5O2. The van der Waals surface area contributed by atoms with Crippen LogP contribution in [0.15, 0.2) is 41.2 Å². The van der Waals surface area contributed by atoms with Crippen LogP contribution in [0, 0.1) is 6.92 Å². The van der Waals surface area contributed by atoms with Gasteiger partial charge >= 0.3 is 0 Å². The lowest BCUT2D eigenvalue weighted by Gasteiger charge is -2.20. The van der Waals surface area contributed by atoms with E-state index in [4.69, 9.17) is 4.52 Å². The number of rotatable bonds is 6. The van der Waals surface area contributed by atoms with Crippen molar-refractivity contribution in [1.82, 2.24) is 15.1 Å². The summed E-state index contributed by atoms with van der Waals surface area (Å²) in [6, 6.07) is 7.88. The highest BCUT2D eigenvalue weighted by Gasteiger charge is 2.17. The number of hydrogen-bond acceptors (Lipinski definition) is 6. The first kappa shape index (κ1) is 19.5. The Bertz CT molecular complexity index is 935. The smallest absolute Gasteiger partial charge is 0.275 e. The second-order valence-corrected chi connectivity index (χ2v) is 7.31. The molecule has 7 heteroatoms. The number of nitrogens with one attached hydrogen (secondary N) is 2. The number of nitrogens with zero attached hydrogens (tertiary/aromatic N) is 3. The fourth-order valence-corrected chi connectivity index (χ4v) is 2.94. The number of para-hydroxylation sites is 1. The van der Waals surface area contributed by atoms with Crippen molar-refractivity contribution in [1.29, 1.82) is 0 Å². The van der Waals surface area contributed by atoms with Crippen LogP contribution in [-0.2, 0) is 0 Å². The van der Waals surface area contributed by atoms with Gasteiger partial charge in [0.25, 0.3) is 5.91 Å². The molecule has 28 heavy (non-hydrogen) atoms. The minimum atomic E-state index is -0.286. The summed E-state index contributed by atoms with van der Waals surface area (Å²) in [7, 11) is 0. The maximum absolute atomic E-state index is 12.8. The summed E-state index contributed by atoms with van der Waals surface area (Å²) in [6.45, 7) is 10.3. The van der Waals surface area contributed by atoms with Crippen LogP contribution in [0.5, 0.6) is 0 Å². The standard InChI is InChI=1S/C21H25N5O2/c1-12(2)15-7-6-8-16(13(3)4)20(15)25-21(27)17-10-23-19(11-22-17)24-18-9-14(5)28-26-18/h6-13H,1-5H3,(H,25,27)(H,23,24,26). The van der Waals surface area contributed by atoms with E-state index in [2.05, 4.69) is 53.5 Å². The zero-order valence-corrected chi connectivity index (χ0v) is 16.8. The number of benzene rings is 1. The molecule has 0 aliphatic carbocycles. The molecule has 0 aliphatic heterocycles. The molecule has 0 spiro atoms. The normalized spacial score (nSPS) is 11.1. The molecule has 3 aromatic rings. The maximum Gasteiger partial charge on any atom is 0.275 e. The third kappa shape index (κ3) is 4.36. The van der Waals surface area contributed by atoms with Gasteiger partial charge in [-0.25, -0.2) is 9.97 Å². The van der Waals surface area contributed by atoms with Crippen molar-refractivity contribution < 1.29 is 9.32 Å². The summed E-state index contributed by atoms with van der Waals surface area (Å²) in [4.78, 5) is 21.3. The molecule has 2 heterocycles. The van der Waals surface area contributed by atoms with Crippen LogP contribution in [0.3, 0.4) is 0 Å². The average Bonchev–Trinajstić information content (AvgIpc) is 3.06. The summed E-state index contributed by atoms with van der Waals surface area (Å²) in [5.74, 6) is 2.00. The first-order chi connectivity index (χ1) is 13.3. The van der Waals surface area contributed by atoms with Crippen LogP contribution in [0.4, 0.5) is 17.3 Å². The van der Waals surface area contributed by atoms with Gasteiger partial charge in [-0.15, -0.1) is 0 Å². The predicted octanol–water partition coefficient (Wildman–Crippen LogP) is 5.02. The summed E-state index contributed by atoms with van der Waals surface area (Å²) in [5.41, 5.74) is 3.31. The third-order valence-electron chi connectivity index (χ3n) is 4.38. The largest absolute Gasteiger partial charge is 0.360 e. The van der Waals surface area contributed by atoms with Crippen molar-refractivity contribution in [3.05, 3.63) is 59.2 Å². The van der Waals surface area contributed by atoms with Gasteiger partial charge in [-0.05, 0) is 29.9 Å². The second-order valence-electron chi connectivity index (χ2n) is 7.31. The Morgan fingerprint density at radius 1 is 1.00 bits per heavy atom. The van der Waals surface area contributed by atoms with Crippen molar-refractivity contribution in [3.8, 4) is 0 Å². The van der Waals surface area contributed by atoms with Gasteiger partial charge in [0.2, 0.25) is 0 Å². The van der Waals surface area contributed by atoms with Crippen molar-refractivity contribution in [2.45, 2.75) is 46.5 Å². The third-order valence-corrected chi connectivity index (χ3v) is 4.38. The van der Waals surface area contributed by atoms with E-state index in [1.165, 1.54) is 12.4 Å². The Labute approximate surface area is 164 Å². The molecule has 0 bridgehead atoms. The van der Waals surface area contributed by atoms with Gasteiger partial charge in [0, 0.05) is 11.8 Å². The van der Waals surface area contributed by atoms with E-state index < -0.39 is 0 Å². The van der Waals surface area contributed by atoms with E-state index in [-0.39, 0.29) is 23.4 Å². The van der Waals surface area contributed by atoms with E-state index in [9.17, 15) is 4.79 Å². The Balaban J connectivity index is 1.80. The zero-order valence-electron chi connectivity index (χ0n) is 16.8. The zero-order chi connectivity index (χ0) is 20.3. The molecular weight excluding hydrogens is 354 g/mol.